The van der Waals surface area contributed by atoms with E-state index in [-0.39, 0.29) is 6.61 Å². The molecule has 0 spiro atoms. The third-order valence-electron chi connectivity index (χ3n) is 4.36. The summed E-state index contributed by atoms with van der Waals surface area (Å²) in [7, 11) is 0. The van der Waals surface area contributed by atoms with Crippen LogP contribution in [0.2, 0.25) is 0 Å². The van der Waals surface area contributed by atoms with Crippen LogP contribution >= 0.6 is 0 Å². The van der Waals surface area contributed by atoms with Crippen molar-refractivity contribution in [2.45, 2.75) is 18.6 Å². The van der Waals surface area contributed by atoms with Gasteiger partial charge in [-0.1, -0.05) is 54.6 Å². The van der Waals surface area contributed by atoms with Crippen molar-refractivity contribution in [3.63, 3.8) is 0 Å². The molecule has 2 heteroatoms. The van der Waals surface area contributed by atoms with Gasteiger partial charge in [0, 0.05) is 17.3 Å². The Morgan fingerprint density at radius 3 is 2.48 bits per heavy atom. The molecule has 2 aliphatic rings. The molecule has 2 atom stereocenters. The maximum Gasteiger partial charge on any atom is 0.0681 e. The zero-order valence-corrected chi connectivity index (χ0v) is 11.7. The van der Waals surface area contributed by atoms with E-state index in [9.17, 15) is 5.11 Å². The minimum absolute atomic E-state index is 0.0889. The van der Waals surface area contributed by atoms with Crippen LogP contribution in [0.25, 0.3) is 0 Å². The molecule has 104 valence electrons. The summed E-state index contributed by atoms with van der Waals surface area (Å²) < 4.78 is 0. The number of hydrogen-bond donors (Lipinski definition) is 1. The van der Waals surface area contributed by atoms with E-state index in [4.69, 9.17) is 0 Å². The zero-order valence-electron chi connectivity index (χ0n) is 11.7. The van der Waals surface area contributed by atoms with E-state index >= 15 is 0 Å². The summed E-state index contributed by atoms with van der Waals surface area (Å²) in [5.74, 6) is 0.420. The van der Waals surface area contributed by atoms with Gasteiger partial charge in [0.05, 0.1) is 12.6 Å². The van der Waals surface area contributed by atoms with E-state index in [1.165, 1.54) is 16.9 Å². The summed E-state index contributed by atoms with van der Waals surface area (Å²) in [5.41, 5.74) is 4.78. The van der Waals surface area contributed by atoms with Gasteiger partial charge >= 0.3 is 0 Å². The average molecular weight is 275 g/mol. The fourth-order valence-electron chi connectivity index (χ4n) is 3.35. The number of benzene rings is 2. The molecule has 2 aromatic carbocycles. The highest BCUT2D eigenvalue weighted by Crippen LogP contribution is 2.47. The second-order valence-corrected chi connectivity index (χ2v) is 5.54. The quantitative estimate of drug-likeness (QED) is 0.898. The van der Waals surface area contributed by atoms with Gasteiger partial charge in [-0.15, -0.1) is 0 Å². The molecular formula is C19H17NO. The first kappa shape index (κ1) is 12.4. The van der Waals surface area contributed by atoms with Crippen LogP contribution in [-0.4, -0.2) is 11.1 Å². The van der Waals surface area contributed by atoms with Crippen molar-refractivity contribution in [1.29, 1.82) is 0 Å². The first-order valence-electron chi connectivity index (χ1n) is 7.31. The van der Waals surface area contributed by atoms with Gasteiger partial charge in [0.1, 0.15) is 0 Å². The molecule has 0 aromatic heterocycles. The maximum absolute atomic E-state index is 9.21. The van der Waals surface area contributed by atoms with Crippen molar-refractivity contribution in [2.24, 2.45) is 0 Å². The number of rotatable bonds is 2. The smallest absolute Gasteiger partial charge is 0.0681 e. The molecular weight excluding hydrogens is 258 g/mol. The summed E-state index contributed by atoms with van der Waals surface area (Å²) in [6.45, 7) is 0.0889. The van der Waals surface area contributed by atoms with E-state index in [2.05, 4.69) is 65.6 Å². The minimum atomic E-state index is 0.0889. The molecule has 0 saturated heterocycles. The van der Waals surface area contributed by atoms with Gasteiger partial charge in [0.2, 0.25) is 0 Å². The Hall–Kier alpha value is -2.32. The van der Waals surface area contributed by atoms with Crippen LogP contribution < -0.4 is 4.90 Å². The third kappa shape index (κ3) is 1.91. The first-order chi connectivity index (χ1) is 10.4. The summed E-state index contributed by atoms with van der Waals surface area (Å²) in [6.07, 6.45) is 8.81. The molecule has 4 rings (SSSR count). The Kier molecular flexibility index (Phi) is 2.90. The largest absolute Gasteiger partial charge is 0.392 e. The molecule has 1 heterocycles. The molecule has 0 saturated carbocycles. The van der Waals surface area contributed by atoms with Crippen LogP contribution in [0.3, 0.4) is 0 Å². The fraction of sp³-hybridized carbons (Fsp3) is 0.158. The van der Waals surface area contributed by atoms with E-state index in [1.807, 2.05) is 12.1 Å². The monoisotopic (exact) mass is 275 g/mol. The normalized spacial score (nSPS) is 22.2. The van der Waals surface area contributed by atoms with E-state index in [0.29, 0.717) is 12.0 Å². The van der Waals surface area contributed by atoms with E-state index in [0.717, 1.165) is 5.56 Å². The molecule has 0 bridgehead atoms. The van der Waals surface area contributed by atoms with Crippen LogP contribution in [0.5, 0.6) is 0 Å². The van der Waals surface area contributed by atoms with Crippen LogP contribution in [0, 0.1) is 0 Å². The molecule has 1 aliphatic heterocycles. The van der Waals surface area contributed by atoms with Gasteiger partial charge in [-0.3, -0.25) is 0 Å². The summed E-state index contributed by atoms with van der Waals surface area (Å²) >= 11 is 0. The standard InChI is InChI=1S/C19H17NO/c21-13-14-9-11-15(12-10-14)20-18-7-3-1-5-16(18)17-6-2-4-8-19(17)20/h1-12,16,18,21H,13H2. The topological polar surface area (TPSA) is 23.5 Å². The van der Waals surface area contributed by atoms with E-state index in [1.54, 1.807) is 0 Å². The van der Waals surface area contributed by atoms with Crippen molar-refractivity contribution in [3.05, 3.63) is 84.0 Å². The number of fused-ring (bicyclic) bond motifs is 3. The molecule has 2 nitrogen and oxygen atoms in total. The predicted octanol–water partition coefficient (Wildman–Crippen LogP) is 3.91. The highest BCUT2D eigenvalue weighted by Gasteiger charge is 2.36. The van der Waals surface area contributed by atoms with Crippen molar-refractivity contribution in [1.82, 2.24) is 0 Å². The molecule has 0 amide bonds. The van der Waals surface area contributed by atoms with Crippen LogP contribution in [0.4, 0.5) is 11.4 Å². The molecule has 1 aliphatic carbocycles. The number of hydrogen-bond acceptors (Lipinski definition) is 2. The molecule has 0 radical (unpaired) electrons. The lowest BCUT2D eigenvalue weighted by Crippen LogP contribution is -2.28. The predicted molar refractivity (Wildman–Crippen MR) is 85.8 cm³/mol. The van der Waals surface area contributed by atoms with Gasteiger partial charge in [-0.25, -0.2) is 0 Å². The lowest BCUT2D eigenvalue weighted by Gasteiger charge is -2.28. The number of nitrogens with zero attached hydrogens (tertiary/aromatic N) is 1. The maximum atomic E-state index is 9.21. The fourth-order valence-corrected chi connectivity index (χ4v) is 3.35. The van der Waals surface area contributed by atoms with Gasteiger partial charge < -0.3 is 10.0 Å². The SMILES string of the molecule is OCc1ccc(N2c3ccccc3C3C=CC=CC32)cc1. The van der Waals surface area contributed by atoms with Crippen LogP contribution in [0.15, 0.2) is 72.8 Å². The number of para-hydroxylation sites is 1. The number of anilines is 2. The molecule has 2 unspecified atom stereocenters. The Bertz CT molecular complexity index is 715. The van der Waals surface area contributed by atoms with Gasteiger partial charge in [-0.05, 0) is 29.3 Å². The minimum Gasteiger partial charge on any atom is -0.392 e. The van der Waals surface area contributed by atoms with Gasteiger partial charge in [-0.2, -0.15) is 0 Å². The molecule has 0 fully saturated rings. The Labute approximate surface area is 124 Å². The average Bonchev–Trinajstić information content (AvgIpc) is 2.90. The number of allylic oxidation sites excluding steroid dienone is 2. The van der Waals surface area contributed by atoms with Gasteiger partial charge in [0.25, 0.3) is 0 Å². The molecule has 2 aromatic rings. The summed E-state index contributed by atoms with van der Waals surface area (Å²) in [5, 5.41) is 9.21. The lowest BCUT2D eigenvalue weighted by atomic mass is 9.91. The lowest BCUT2D eigenvalue weighted by molar-refractivity contribution is 0.282. The second-order valence-electron chi connectivity index (χ2n) is 5.54. The van der Waals surface area contributed by atoms with Crippen molar-refractivity contribution in [2.75, 3.05) is 4.90 Å². The van der Waals surface area contributed by atoms with Crippen LogP contribution in [0.1, 0.15) is 17.0 Å². The van der Waals surface area contributed by atoms with E-state index < -0.39 is 0 Å². The van der Waals surface area contributed by atoms with Crippen molar-refractivity contribution in [3.8, 4) is 0 Å². The highest BCUT2D eigenvalue weighted by molar-refractivity contribution is 5.75. The summed E-state index contributed by atoms with van der Waals surface area (Å²) in [4.78, 5) is 2.39. The second kappa shape index (κ2) is 4.90. The summed E-state index contributed by atoms with van der Waals surface area (Å²) in [6, 6.07) is 17.1. The Balaban J connectivity index is 1.83. The zero-order chi connectivity index (χ0) is 14.2. The Morgan fingerprint density at radius 2 is 1.67 bits per heavy atom. The van der Waals surface area contributed by atoms with Gasteiger partial charge in [0.15, 0.2) is 0 Å². The number of aliphatic hydroxyl groups excluding tert-OH is 1. The van der Waals surface area contributed by atoms with Crippen LogP contribution in [-0.2, 0) is 6.61 Å². The molecule has 21 heavy (non-hydrogen) atoms. The molecule has 1 N–H and O–H groups in total. The van der Waals surface area contributed by atoms with Crippen molar-refractivity contribution < 1.29 is 5.11 Å². The number of aliphatic hydroxyl groups is 1. The third-order valence-corrected chi connectivity index (χ3v) is 4.36. The van der Waals surface area contributed by atoms with Crippen molar-refractivity contribution >= 4 is 11.4 Å². The Morgan fingerprint density at radius 1 is 0.905 bits per heavy atom. The first-order valence-corrected chi connectivity index (χ1v) is 7.31. The highest BCUT2D eigenvalue weighted by atomic mass is 16.3.